The van der Waals surface area contributed by atoms with E-state index in [0.29, 0.717) is 12.0 Å². The molecule has 0 saturated carbocycles. The lowest BCUT2D eigenvalue weighted by molar-refractivity contribution is -0.140. The molecule has 0 N–H and O–H groups in total. The predicted octanol–water partition coefficient (Wildman–Crippen LogP) is 3.89. The number of allylic oxidation sites excluding steroid dienone is 2. The van der Waals surface area contributed by atoms with Crippen LogP contribution in [0.25, 0.3) is 0 Å². The highest BCUT2D eigenvalue weighted by molar-refractivity contribution is 6.91. The molecule has 0 aromatic heterocycles. The number of methoxy groups -OCH3 is 1. The largest absolute Gasteiger partial charge is 0.469 e. The van der Waals surface area contributed by atoms with Gasteiger partial charge in [-0.2, -0.15) is 0 Å². The highest BCUT2D eigenvalue weighted by atomic mass is 28.3. The molecule has 0 aliphatic heterocycles. The summed E-state index contributed by atoms with van der Waals surface area (Å²) in [6.07, 6.45) is 3.64. The van der Waals surface area contributed by atoms with Crippen LogP contribution >= 0.6 is 0 Å². The lowest BCUT2D eigenvalue weighted by Gasteiger charge is -2.34. The van der Waals surface area contributed by atoms with E-state index in [2.05, 4.69) is 57.3 Å². The Balaban J connectivity index is 3.18. The van der Waals surface area contributed by atoms with Crippen LogP contribution in [0.15, 0.2) is 42.0 Å². The van der Waals surface area contributed by atoms with Crippen LogP contribution in [-0.2, 0) is 9.53 Å². The minimum Gasteiger partial charge on any atom is -0.469 e. The monoisotopic (exact) mass is 290 g/mol. The number of hydrogen-bond acceptors (Lipinski definition) is 2. The molecular formula is C17H26O2Si. The van der Waals surface area contributed by atoms with Gasteiger partial charge in [-0.25, -0.2) is 0 Å². The fourth-order valence-electron chi connectivity index (χ4n) is 2.82. The SMILES string of the molecule is C/C=C(\CC)[C@@H](CC(=O)OC)[Si](C)(C)c1ccccc1. The first-order valence-electron chi connectivity index (χ1n) is 7.24. The summed E-state index contributed by atoms with van der Waals surface area (Å²) in [4.78, 5) is 11.8. The van der Waals surface area contributed by atoms with E-state index < -0.39 is 8.07 Å². The lowest BCUT2D eigenvalue weighted by atomic mass is 10.1. The molecule has 3 heteroatoms. The molecule has 1 aromatic rings. The Hall–Kier alpha value is -1.35. The summed E-state index contributed by atoms with van der Waals surface area (Å²) in [5.41, 5.74) is 1.67. The van der Waals surface area contributed by atoms with Crippen molar-refractivity contribution in [3.63, 3.8) is 0 Å². The lowest BCUT2D eigenvalue weighted by Crippen LogP contribution is -2.47. The van der Waals surface area contributed by atoms with E-state index in [1.807, 2.05) is 6.07 Å². The average Bonchev–Trinajstić information content (AvgIpc) is 2.48. The minimum absolute atomic E-state index is 0.112. The summed E-state index contributed by atoms with van der Waals surface area (Å²) in [5.74, 6) is -0.112. The highest BCUT2D eigenvalue weighted by Gasteiger charge is 2.36. The van der Waals surface area contributed by atoms with Crippen molar-refractivity contribution >= 4 is 19.2 Å². The molecule has 0 radical (unpaired) electrons. The Kier molecular flexibility index (Phi) is 6.21. The maximum Gasteiger partial charge on any atom is 0.305 e. The van der Waals surface area contributed by atoms with Crippen LogP contribution in [-0.4, -0.2) is 21.2 Å². The number of rotatable bonds is 6. The molecule has 2 nitrogen and oxygen atoms in total. The third-order valence-electron chi connectivity index (χ3n) is 4.21. The van der Waals surface area contributed by atoms with Crippen LogP contribution in [0.5, 0.6) is 0 Å². The standard InChI is InChI=1S/C17H26O2Si/c1-6-14(7-2)16(13-17(18)19-3)20(4,5)15-11-9-8-10-12-15/h6,8-12,16H,7,13H2,1-5H3/b14-6+/t16-/m1/s1. The first-order valence-corrected chi connectivity index (χ1v) is 10.3. The van der Waals surface area contributed by atoms with E-state index in [0.717, 1.165) is 6.42 Å². The first kappa shape index (κ1) is 16.7. The molecule has 0 unspecified atom stereocenters. The van der Waals surface area contributed by atoms with Crippen LogP contribution in [0, 0.1) is 0 Å². The van der Waals surface area contributed by atoms with Crippen molar-refractivity contribution in [3.8, 4) is 0 Å². The van der Waals surface area contributed by atoms with Gasteiger partial charge in [0.25, 0.3) is 0 Å². The number of hydrogen-bond donors (Lipinski definition) is 0. The summed E-state index contributed by atoms with van der Waals surface area (Å²) in [5, 5.41) is 1.39. The maximum atomic E-state index is 11.8. The molecule has 0 aliphatic rings. The third-order valence-corrected chi connectivity index (χ3v) is 8.35. The molecule has 1 atom stereocenters. The van der Waals surface area contributed by atoms with E-state index in [9.17, 15) is 4.79 Å². The normalized spacial score (nSPS) is 13.9. The van der Waals surface area contributed by atoms with E-state index in [1.165, 1.54) is 17.9 Å². The second-order valence-corrected chi connectivity index (χ2v) is 10.4. The fraction of sp³-hybridized carbons (Fsp3) is 0.471. The van der Waals surface area contributed by atoms with E-state index >= 15 is 0 Å². The van der Waals surface area contributed by atoms with Gasteiger partial charge in [0.1, 0.15) is 0 Å². The van der Waals surface area contributed by atoms with Gasteiger partial charge in [0.05, 0.1) is 15.2 Å². The molecule has 1 aromatic carbocycles. The Labute approximate surface area is 123 Å². The summed E-state index contributed by atoms with van der Waals surface area (Å²) >= 11 is 0. The smallest absolute Gasteiger partial charge is 0.305 e. The average molecular weight is 290 g/mol. The second-order valence-electron chi connectivity index (χ2n) is 5.64. The molecule has 0 spiro atoms. The van der Waals surface area contributed by atoms with Crippen LogP contribution in [0.4, 0.5) is 0 Å². The molecule has 0 fully saturated rings. The molecule has 0 amide bonds. The van der Waals surface area contributed by atoms with Crippen LogP contribution < -0.4 is 5.19 Å². The predicted molar refractivity (Wildman–Crippen MR) is 88.0 cm³/mol. The molecular weight excluding hydrogens is 264 g/mol. The number of carbonyl (C=O) groups excluding carboxylic acids is 1. The van der Waals surface area contributed by atoms with Gasteiger partial charge in [-0.15, -0.1) is 0 Å². The number of benzene rings is 1. The van der Waals surface area contributed by atoms with Crippen molar-refractivity contribution in [2.45, 2.75) is 45.3 Å². The van der Waals surface area contributed by atoms with Gasteiger partial charge in [0.2, 0.25) is 0 Å². The van der Waals surface area contributed by atoms with Crippen molar-refractivity contribution in [2.75, 3.05) is 7.11 Å². The number of ether oxygens (including phenoxy) is 1. The molecule has 20 heavy (non-hydrogen) atoms. The molecule has 0 saturated heterocycles. The maximum absolute atomic E-state index is 11.8. The van der Waals surface area contributed by atoms with Crippen LogP contribution in [0.1, 0.15) is 26.7 Å². The van der Waals surface area contributed by atoms with Crippen molar-refractivity contribution in [1.29, 1.82) is 0 Å². The minimum atomic E-state index is -1.76. The Bertz CT molecular complexity index is 463. The summed E-state index contributed by atoms with van der Waals surface area (Å²) < 4.78 is 4.91. The molecule has 0 heterocycles. The van der Waals surface area contributed by atoms with E-state index in [-0.39, 0.29) is 5.97 Å². The van der Waals surface area contributed by atoms with E-state index in [1.54, 1.807) is 0 Å². The van der Waals surface area contributed by atoms with Crippen molar-refractivity contribution in [3.05, 3.63) is 42.0 Å². The van der Waals surface area contributed by atoms with Gasteiger partial charge in [-0.3, -0.25) is 4.79 Å². The zero-order valence-electron chi connectivity index (χ0n) is 13.3. The summed E-state index contributed by atoms with van der Waals surface area (Å²) in [6.45, 7) is 8.91. The summed E-state index contributed by atoms with van der Waals surface area (Å²) in [6, 6.07) is 10.6. The molecule has 0 bridgehead atoms. The van der Waals surface area contributed by atoms with Crippen molar-refractivity contribution in [2.24, 2.45) is 0 Å². The van der Waals surface area contributed by atoms with Gasteiger partial charge in [0.15, 0.2) is 0 Å². The molecule has 0 aliphatic carbocycles. The van der Waals surface area contributed by atoms with Gasteiger partial charge in [-0.1, -0.05) is 67.2 Å². The quantitative estimate of drug-likeness (QED) is 0.451. The van der Waals surface area contributed by atoms with E-state index in [4.69, 9.17) is 4.74 Å². The highest BCUT2D eigenvalue weighted by Crippen LogP contribution is 2.35. The zero-order chi connectivity index (χ0) is 15.2. The number of carbonyl (C=O) groups is 1. The summed E-state index contributed by atoms with van der Waals surface area (Å²) in [7, 11) is -0.292. The van der Waals surface area contributed by atoms with Gasteiger partial charge in [0, 0.05) is 6.42 Å². The Morgan fingerprint density at radius 1 is 1.30 bits per heavy atom. The third kappa shape index (κ3) is 3.82. The molecule has 1 rings (SSSR count). The Morgan fingerprint density at radius 2 is 1.90 bits per heavy atom. The second kappa shape index (κ2) is 7.43. The Morgan fingerprint density at radius 3 is 2.35 bits per heavy atom. The van der Waals surface area contributed by atoms with Crippen molar-refractivity contribution < 1.29 is 9.53 Å². The van der Waals surface area contributed by atoms with Crippen molar-refractivity contribution in [1.82, 2.24) is 0 Å². The van der Waals surface area contributed by atoms with Crippen LogP contribution in [0.2, 0.25) is 18.6 Å². The van der Waals surface area contributed by atoms with Gasteiger partial charge >= 0.3 is 5.97 Å². The topological polar surface area (TPSA) is 26.3 Å². The number of esters is 1. The van der Waals surface area contributed by atoms with Gasteiger partial charge < -0.3 is 4.74 Å². The fourth-order valence-corrected chi connectivity index (χ4v) is 6.25. The zero-order valence-corrected chi connectivity index (χ0v) is 14.3. The van der Waals surface area contributed by atoms with Gasteiger partial charge in [-0.05, 0) is 18.9 Å². The molecule has 110 valence electrons. The van der Waals surface area contributed by atoms with Crippen LogP contribution in [0.3, 0.4) is 0 Å². The first-order chi connectivity index (χ1) is 9.47.